The van der Waals surface area contributed by atoms with E-state index in [0.717, 1.165) is 50.2 Å². The summed E-state index contributed by atoms with van der Waals surface area (Å²) in [5, 5.41) is 13.2. The van der Waals surface area contributed by atoms with Crippen molar-refractivity contribution in [3.05, 3.63) is 17.7 Å². The average Bonchev–Trinajstić information content (AvgIpc) is 2.83. The van der Waals surface area contributed by atoms with Crippen LogP contribution in [0.4, 0.5) is 14.6 Å². The maximum absolute atomic E-state index is 13.5. The molecule has 0 aromatic carbocycles. The Bertz CT molecular complexity index is 992. The summed E-state index contributed by atoms with van der Waals surface area (Å²) in [6, 6.07) is 3.69. The van der Waals surface area contributed by atoms with Crippen molar-refractivity contribution in [2.24, 2.45) is 23.7 Å². The summed E-state index contributed by atoms with van der Waals surface area (Å²) in [5.74, 6) is 1.50. The number of nitrogens with one attached hydrogen (secondary N) is 1. The molecule has 0 spiro atoms. The molecule has 4 saturated carbocycles. The minimum absolute atomic E-state index is 0.0268. The van der Waals surface area contributed by atoms with Gasteiger partial charge in [0.05, 0.1) is 11.2 Å². The van der Waals surface area contributed by atoms with Crippen LogP contribution in [0.2, 0.25) is 0 Å². The second-order valence-electron chi connectivity index (χ2n) is 11.5. The monoisotopic (exact) mass is 537 g/mol. The SMILES string of the molecule is CCCSc1nc(N2CCC[C@@H](CC(=O)O)C2)ccc1C(=O)NC1C2CC3CC1CC(OC(F)F)(C3)C2. The Morgan fingerprint density at radius 3 is 2.70 bits per heavy atom. The lowest BCUT2D eigenvalue weighted by molar-refractivity contribution is -0.260. The first-order valence-corrected chi connectivity index (χ1v) is 14.6. The Kier molecular flexibility index (Phi) is 7.96. The maximum Gasteiger partial charge on any atom is 0.345 e. The average molecular weight is 538 g/mol. The molecule has 7 nitrogen and oxygen atoms in total. The third-order valence-corrected chi connectivity index (χ3v) is 9.89. The molecule has 37 heavy (non-hydrogen) atoms. The number of ether oxygens (including phenoxy) is 1. The van der Waals surface area contributed by atoms with Crippen molar-refractivity contribution in [2.75, 3.05) is 23.7 Å². The van der Waals surface area contributed by atoms with Gasteiger partial charge in [0.15, 0.2) is 0 Å². The maximum atomic E-state index is 13.5. The molecule has 3 atom stereocenters. The normalized spacial score (nSPS) is 32.6. The number of thioether (sulfide) groups is 1. The minimum atomic E-state index is -2.76. The van der Waals surface area contributed by atoms with Crippen molar-refractivity contribution >= 4 is 29.5 Å². The lowest BCUT2D eigenvalue weighted by atomic mass is 9.52. The van der Waals surface area contributed by atoms with Crippen LogP contribution in [0, 0.1) is 23.7 Å². The van der Waals surface area contributed by atoms with Crippen LogP contribution >= 0.6 is 11.8 Å². The van der Waals surface area contributed by atoms with E-state index in [9.17, 15) is 23.5 Å². The van der Waals surface area contributed by atoms with Gasteiger partial charge in [-0.3, -0.25) is 9.59 Å². The van der Waals surface area contributed by atoms with Crippen LogP contribution in [0.25, 0.3) is 0 Å². The first-order chi connectivity index (χ1) is 17.7. The molecule has 1 aliphatic heterocycles. The van der Waals surface area contributed by atoms with Crippen molar-refractivity contribution in [3.8, 4) is 0 Å². The number of carbonyl (C=O) groups is 2. The number of alkyl halides is 2. The second kappa shape index (κ2) is 11.0. The highest BCUT2D eigenvalue weighted by Crippen LogP contribution is 2.57. The largest absolute Gasteiger partial charge is 0.481 e. The van der Waals surface area contributed by atoms with Gasteiger partial charge in [0.2, 0.25) is 0 Å². The highest BCUT2D eigenvalue weighted by atomic mass is 32.2. The molecule has 4 bridgehead atoms. The number of anilines is 1. The minimum Gasteiger partial charge on any atom is -0.481 e. The summed E-state index contributed by atoms with van der Waals surface area (Å²) in [7, 11) is 0. The van der Waals surface area contributed by atoms with E-state index in [1.54, 1.807) is 11.8 Å². The van der Waals surface area contributed by atoms with E-state index in [2.05, 4.69) is 17.1 Å². The number of hydrogen-bond donors (Lipinski definition) is 2. The molecule has 1 saturated heterocycles. The van der Waals surface area contributed by atoms with Crippen LogP contribution in [-0.4, -0.2) is 59.1 Å². The molecule has 10 heteroatoms. The van der Waals surface area contributed by atoms with Gasteiger partial charge < -0.3 is 20.1 Å². The van der Waals surface area contributed by atoms with Crippen LogP contribution in [-0.2, 0) is 9.53 Å². The highest BCUT2D eigenvalue weighted by molar-refractivity contribution is 7.99. The highest BCUT2D eigenvalue weighted by Gasteiger charge is 2.57. The topological polar surface area (TPSA) is 91.8 Å². The number of carboxylic acid groups (broad SMARTS) is 1. The third-order valence-electron chi connectivity index (χ3n) is 8.69. The number of halogens is 2. The summed E-state index contributed by atoms with van der Waals surface area (Å²) < 4.78 is 31.4. The molecule has 5 aliphatic rings. The first-order valence-electron chi connectivity index (χ1n) is 13.6. The molecule has 2 heterocycles. The lowest BCUT2D eigenvalue weighted by Gasteiger charge is -2.59. The molecule has 1 aromatic rings. The Balaban J connectivity index is 1.31. The summed E-state index contributed by atoms with van der Waals surface area (Å²) >= 11 is 1.57. The number of amides is 1. The van der Waals surface area contributed by atoms with Gasteiger partial charge in [-0.2, -0.15) is 8.78 Å². The predicted molar refractivity (Wildman–Crippen MR) is 137 cm³/mol. The molecule has 2 N–H and O–H groups in total. The molecule has 4 aliphatic carbocycles. The predicted octanol–water partition coefficient (Wildman–Crippen LogP) is 5.19. The smallest absolute Gasteiger partial charge is 0.345 e. The fourth-order valence-corrected chi connectivity index (χ4v) is 8.39. The number of pyridine rings is 1. The number of aliphatic carboxylic acids is 1. The zero-order valence-corrected chi connectivity index (χ0v) is 22.2. The Labute approximate surface area is 221 Å². The van der Waals surface area contributed by atoms with E-state index >= 15 is 0 Å². The van der Waals surface area contributed by atoms with Gasteiger partial charge in [-0.25, -0.2) is 4.98 Å². The van der Waals surface area contributed by atoms with E-state index in [4.69, 9.17) is 9.72 Å². The summed E-state index contributed by atoms with van der Waals surface area (Å²) in [6.07, 6.45) is 6.69. The van der Waals surface area contributed by atoms with Crippen LogP contribution < -0.4 is 10.2 Å². The van der Waals surface area contributed by atoms with E-state index in [1.807, 2.05) is 12.1 Å². The van der Waals surface area contributed by atoms with Crippen LogP contribution in [0.3, 0.4) is 0 Å². The number of carbonyl (C=O) groups excluding carboxylic acids is 1. The fourth-order valence-electron chi connectivity index (χ4n) is 7.52. The third kappa shape index (κ3) is 5.90. The number of rotatable bonds is 10. The zero-order chi connectivity index (χ0) is 26.2. The summed E-state index contributed by atoms with van der Waals surface area (Å²) in [6.45, 7) is 0.800. The Morgan fingerprint density at radius 2 is 2.03 bits per heavy atom. The summed E-state index contributed by atoms with van der Waals surface area (Å²) in [4.78, 5) is 31.8. The van der Waals surface area contributed by atoms with Crippen molar-refractivity contribution in [3.63, 3.8) is 0 Å². The van der Waals surface area contributed by atoms with Gasteiger partial charge in [-0.1, -0.05) is 6.92 Å². The Hall–Kier alpha value is -1.94. The number of piperidine rings is 1. The second-order valence-corrected chi connectivity index (χ2v) is 12.5. The van der Waals surface area contributed by atoms with E-state index in [0.29, 0.717) is 42.3 Å². The number of nitrogens with zero attached hydrogens (tertiary/aromatic N) is 2. The van der Waals surface area contributed by atoms with Crippen molar-refractivity contribution < 1.29 is 28.2 Å². The standard InChI is InChI=1S/C27H37F2N3O4S/c1-2-8-37-25-20(5-6-21(30-25)32-7-3-4-16(15-32)11-22(33)34)24(35)31-23-18-9-17-10-19(23)14-27(12-17,13-18)36-26(28)29/h5-6,16-19,23,26H,2-4,7-15H2,1H3,(H,31,35)(H,33,34)/t16-,17?,18?,19?,23?,27?/m0/s1. The molecular formula is C27H37F2N3O4S. The van der Waals surface area contributed by atoms with E-state index in [1.165, 1.54) is 0 Å². The molecule has 204 valence electrons. The van der Waals surface area contributed by atoms with Crippen molar-refractivity contribution in [1.29, 1.82) is 0 Å². The quantitative estimate of drug-likeness (QED) is 0.397. The fraction of sp³-hybridized carbons (Fsp3) is 0.741. The van der Waals surface area contributed by atoms with Gasteiger partial charge in [0.25, 0.3) is 5.91 Å². The summed E-state index contributed by atoms with van der Waals surface area (Å²) in [5.41, 5.74) is -0.182. The van der Waals surface area contributed by atoms with Crippen LogP contribution in [0.5, 0.6) is 0 Å². The lowest BCUT2D eigenvalue weighted by Crippen LogP contribution is -2.62. The molecular weight excluding hydrogens is 500 g/mol. The van der Waals surface area contributed by atoms with Gasteiger partial charge in [-0.15, -0.1) is 11.8 Å². The molecule has 2 unspecified atom stereocenters. The number of aromatic nitrogens is 1. The van der Waals surface area contributed by atoms with Crippen LogP contribution in [0.1, 0.15) is 75.1 Å². The van der Waals surface area contributed by atoms with Gasteiger partial charge in [0.1, 0.15) is 10.8 Å². The molecule has 6 rings (SSSR count). The van der Waals surface area contributed by atoms with Crippen molar-refractivity contribution in [1.82, 2.24) is 10.3 Å². The number of carboxylic acids is 1. The van der Waals surface area contributed by atoms with Gasteiger partial charge >= 0.3 is 12.6 Å². The molecule has 1 aromatic heterocycles. The van der Waals surface area contributed by atoms with Gasteiger partial charge in [-0.05, 0) is 92.9 Å². The van der Waals surface area contributed by atoms with Gasteiger partial charge in [0, 0.05) is 25.6 Å². The Morgan fingerprint density at radius 1 is 1.27 bits per heavy atom. The zero-order valence-electron chi connectivity index (χ0n) is 21.3. The van der Waals surface area contributed by atoms with E-state index in [-0.39, 0.29) is 36.1 Å². The molecule has 1 amide bonds. The van der Waals surface area contributed by atoms with Crippen LogP contribution in [0.15, 0.2) is 17.2 Å². The molecule has 5 fully saturated rings. The first kappa shape index (κ1) is 26.7. The van der Waals surface area contributed by atoms with E-state index < -0.39 is 18.2 Å². The number of hydrogen-bond acceptors (Lipinski definition) is 6. The molecule has 0 radical (unpaired) electrons. The van der Waals surface area contributed by atoms with Crippen molar-refractivity contribution in [2.45, 2.75) is 88.0 Å².